The molecule has 0 spiro atoms. The number of hydrogen-bond donors (Lipinski definition) is 1. The van der Waals surface area contributed by atoms with E-state index in [1.807, 2.05) is 0 Å². The monoisotopic (exact) mass is 414 g/mol. The zero-order chi connectivity index (χ0) is 20.1. The Morgan fingerprint density at radius 3 is 2.64 bits per heavy atom. The highest BCUT2D eigenvalue weighted by molar-refractivity contribution is 7.15. The number of carbonyl (C=O) groups is 1. The number of ether oxygens (including phenoxy) is 2. The van der Waals surface area contributed by atoms with Gasteiger partial charge in [0.05, 0.1) is 0 Å². The summed E-state index contributed by atoms with van der Waals surface area (Å²) in [6, 6.07) is 5.54. The Kier molecular flexibility index (Phi) is 6.56. The topological polar surface area (TPSA) is 60.5 Å². The fraction of sp³-hybridized carbons (Fsp3) is 0.474. The van der Waals surface area contributed by atoms with Crippen molar-refractivity contribution in [3.63, 3.8) is 0 Å². The highest BCUT2D eigenvalue weighted by Gasteiger charge is 2.31. The van der Waals surface area contributed by atoms with Crippen molar-refractivity contribution < 1.29 is 27.4 Å². The minimum Gasteiger partial charge on any atom is -0.406 e. The molecule has 1 fully saturated rings. The molecule has 1 N–H and O–H groups in total. The van der Waals surface area contributed by atoms with Crippen LogP contribution in [0, 0.1) is 5.92 Å². The van der Waals surface area contributed by atoms with Crippen LogP contribution in [-0.4, -0.2) is 30.5 Å². The molecule has 1 aliphatic heterocycles. The maximum absolute atomic E-state index is 12.4. The number of halogens is 3. The fourth-order valence-electron chi connectivity index (χ4n) is 3.02. The summed E-state index contributed by atoms with van der Waals surface area (Å²) >= 11 is 1.48. The number of aromatic nitrogens is 1. The SMILES string of the molecule is CC(Cc1ccc(OC(F)(F)F)cc1)C(=O)Nc1ncc(C2CCOCC2)s1. The van der Waals surface area contributed by atoms with Gasteiger partial charge >= 0.3 is 6.36 Å². The maximum atomic E-state index is 12.4. The molecular formula is C19H21F3N2O3S. The lowest BCUT2D eigenvalue weighted by molar-refractivity contribution is -0.274. The zero-order valence-corrected chi connectivity index (χ0v) is 16.1. The number of amides is 1. The number of nitrogens with zero attached hydrogens (tertiary/aromatic N) is 1. The smallest absolute Gasteiger partial charge is 0.406 e. The second-order valence-electron chi connectivity index (χ2n) is 6.74. The van der Waals surface area contributed by atoms with Crippen LogP contribution in [0.3, 0.4) is 0 Å². The van der Waals surface area contributed by atoms with Crippen molar-refractivity contribution in [3.05, 3.63) is 40.9 Å². The molecule has 5 nitrogen and oxygen atoms in total. The predicted molar refractivity (Wildman–Crippen MR) is 99.5 cm³/mol. The molecule has 0 radical (unpaired) electrons. The maximum Gasteiger partial charge on any atom is 0.573 e. The summed E-state index contributed by atoms with van der Waals surface area (Å²) < 4.78 is 45.8. The van der Waals surface area contributed by atoms with Crippen LogP contribution in [0.4, 0.5) is 18.3 Å². The number of anilines is 1. The summed E-state index contributed by atoms with van der Waals surface area (Å²) in [6.07, 6.45) is -0.595. The molecule has 1 saturated heterocycles. The summed E-state index contributed by atoms with van der Waals surface area (Å²) in [5, 5.41) is 3.39. The highest BCUT2D eigenvalue weighted by atomic mass is 32.1. The predicted octanol–water partition coefficient (Wildman–Crippen LogP) is 4.75. The second kappa shape index (κ2) is 8.91. The Balaban J connectivity index is 1.52. The summed E-state index contributed by atoms with van der Waals surface area (Å²) in [5.41, 5.74) is 0.749. The molecule has 1 aliphatic rings. The quantitative estimate of drug-likeness (QED) is 0.741. The Morgan fingerprint density at radius 1 is 1.32 bits per heavy atom. The summed E-state index contributed by atoms with van der Waals surface area (Å²) in [4.78, 5) is 17.9. The van der Waals surface area contributed by atoms with Crippen LogP contribution in [0.15, 0.2) is 30.5 Å². The van der Waals surface area contributed by atoms with Gasteiger partial charge in [-0.3, -0.25) is 4.79 Å². The number of thiazole rings is 1. The molecule has 0 bridgehead atoms. The van der Waals surface area contributed by atoms with Gasteiger partial charge in [-0.1, -0.05) is 19.1 Å². The Bertz CT molecular complexity index is 786. The van der Waals surface area contributed by atoms with E-state index >= 15 is 0 Å². The van der Waals surface area contributed by atoms with Gasteiger partial charge in [-0.05, 0) is 42.9 Å². The molecule has 152 valence electrons. The van der Waals surface area contributed by atoms with Gasteiger partial charge in [0.25, 0.3) is 0 Å². The first-order valence-electron chi connectivity index (χ1n) is 8.99. The molecule has 2 aromatic rings. The van der Waals surface area contributed by atoms with E-state index in [9.17, 15) is 18.0 Å². The average Bonchev–Trinajstić information content (AvgIpc) is 3.11. The molecule has 0 saturated carbocycles. The molecule has 1 amide bonds. The number of rotatable bonds is 6. The molecule has 2 heterocycles. The van der Waals surface area contributed by atoms with Crippen molar-refractivity contribution in [2.24, 2.45) is 5.92 Å². The molecule has 0 aliphatic carbocycles. The van der Waals surface area contributed by atoms with Gasteiger partial charge in [0, 0.05) is 30.2 Å². The minimum atomic E-state index is -4.72. The Morgan fingerprint density at radius 2 is 2.00 bits per heavy atom. The lowest BCUT2D eigenvalue weighted by Crippen LogP contribution is -2.22. The van der Waals surface area contributed by atoms with E-state index in [-0.39, 0.29) is 17.6 Å². The third kappa shape index (κ3) is 5.93. The first kappa shape index (κ1) is 20.6. The molecule has 1 aromatic carbocycles. The fourth-order valence-corrected chi connectivity index (χ4v) is 4.01. The van der Waals surface area contributed by atoms with Gasteiger partial charge < -0.3 is 14.8 Å². The van der Waals surface area contributed by atoms with Gasteiger partial charge in [-0.25, -0.2) is 4.98 Å². The van der Waals surface area contributed by atoms with E-state index in [4.69, 9.17) is 4.74 Å². The molecule has 3 rings (SSSR count). The number of hydrogen-bond acceptors (Lipinski definition) is 5. The number of nitrogens with one attached hydrogen (secondary N) is 1. The van der Waals surface area contributed by atoms with Gasteiger partial charge in [-0.15, -0.1) is 24.5 Å². The molecule has 1 aromatic heterocycles. The Hall–Kier alpha value is -2.13. The molecule has 9 heteroatoms. The van der Waals surface area contributed by atoms with Crippen LogP contribution in [0.25, 0.3) is 0 Å². The third-order valence-electron chi connectivity index (χ3n) is 4.52. The van der Waals surface area contributed by atoms with Crippen LogP contribution in [0.5, 0.6) is 5.75 Å². The van der Waals surface area contributed by atoms with E-state index in [2.05, 4.69) is 15.0 Å². The van der Waals surface area contributed by atoms with E-state index in [1.54, 1.807) is 13.1 Å². The summed E-state index contributed by atoms with van der Waals surface area (Å²) in [6.45, 7) is 3.25. The van der Waals surface area contributed by atoms with E-state index in [1.165, 1.54) is 35.6 Å². The molecule has 1 unspecified atom stereocenters. The van der Waals surface area contributed by atoms with Crippen LogP contribution >= 0.6 is 11.3 Å². The van der Waals surface area contributed by atoms with Crippen molar-refractivity contribution in [2.75, 3.05) is 18.5 Å². The summed E-state index contributed by atoms with van der Waals surface area (Å²) in [5.74, 6) is -0.392. The first-order valence-corrected chi connectivity index (χ1v) is 9.81. The van der Waals surface area contributed by atoms with Crippen LogP contribution < -0.4 is 10.1 Å². The van der Waals surface area contributed by atoms with Crippen molar-refractivity contribution in [3.8, 4) is 5.75 Å². The molecule has 1 atom stereocenters. The van der Waals surface area contributed by atoms with E-state index in [0.29, 0.717) is 17.5 Å². The van der Waals surface area contributed by atoms with Gasteiger partial charge in [0.15, 0.2) is 5.13 Å². The largest absolute Gasteiger partial charge is 0.573 e. The lowest BCUT2D eigenvalue weighted by atomic mass is 9.99. The number of benzene rings is 1. The third-order valence-corrected chi connectivity index (χ3v) is 5.60. The van der Waals surface area contributed by atoms with Crippen molar-refractivity contribution >= 4 is 22.4 Å². The van der Waals surface area contributed by atoms with Crippen LogP contribution in [0.2, 0.25) is 0 Å². The van der Waals surface area contributed by atoms with E-state index < -0.39 is 6.36 Å². The minimum absolute atomic E-state index is 0.177. The highest BCUT2D eigenvalue weighted by Crippen LogP contribution is 2.33. The average molecular weight is 414 g/mol. The van der Waals surface area contributed by atoms with Crippen LogP contribution in [0.1, 0.15) is 36.1 Å². The van der Waals surface area contributed by atoms with Crippen molar-refractivity contribution in [1.29, 1.82) is 0 Å². The molecular weight excluding hydrogens is 393 g/mol. The first-order chi connectivity index (χ1) is 13.3. The molecule has 28 heavy (non-hydrogen) atoms. The number of carbonyl (C=O) groups excluding carboxylic acids is 1. The van der Waals surface area contributed by atoms with Crippen molar-refractivity contribution in [1.82, 2.24) is 4.98 Å². The zero-order valence-electron chi connectivity index (χ0n) is 15.3. The number of alkyl halides is 3. The van der Waals surface area contributed by atoms with Crippen molar-refractivity contribution in [2.45, 2.75) is 38.5 Å². The second-order valence-corrected chi connectivity index (χ2v) is 7.80. The van der Waals surface area contributed by atoms with Gasteiger partial charge in [-0.2, -0.15) is 0 Å². The summed E-state index contributed by atoms with van der Waals surface area (Å²) in [7, 11) is 0. The Labute approximate surface area is 164 Å². The van der Waals surface area contributed by atoms with E-state index in [0.717, 1.165) is 36.5 Å². The standard InChI is InChI=1S/C19H21F3N2O3S/c1-12(10-13-2-4-15(5-3-13)27-19(20,21)22)17(25)24-18-23-11-16(28-18)14-6-8-26-9-7-14/h2-5,11-12,14H,6-10H2,1H3,(H,23,24,25). The van der Waals surface area contributed by atoms with Gasteiger partial charge in [0.2, 0.25) is 5.91 Å². The lowest BCUT2D eigenvalue weighted by Gasteiger charge is -2.20. The van der Waals surface area contributed by atoms with Crippen LogP contribution in [-0.2, 0) is 16.0 Å². The van der Waals surface area contributed by atoms with Gasteiger partial charge in [0.1, 0.15) is 5.75 Å². The normalized spacial score (nSPS) is 16.6.